The molecule has 1 atom stereocenters. The molecule has 1 aromatic rings. The minimum absolute atomic E-state index is 0.255. The van der Waals surface area contributed by atoms with Gasteiger partial charge in [0, 0.05) is 6.04 Å². The predicted octanol–water partition coefficient (Wildman–Crippen LogP) is 2.54. The fraction of sp³-hybridized carbons (Fsp3) is 0.588. The van der Waals surface area contributed by atoms with E-state index in [9.17, 15) is 4.79 Å². The van der Waals surface area contributed by atoms with Crippen LogP contribution in [-0.2, 0) is 4.79 Å². The number of amides is 1. The van der Waals surface area contributed by atoms with Crippen molar-refractivity contribution in [2.75, 3.05) is 6.61 Å². The minimum atomic E-state index is -0.580. The Labute approximate surface area is 127 Å². The molecule has 1 aliphatic rings. The van der Waals surface area contributed by atoms with Crippen LogP contribution in [0.3, 0.4) is 0 Å². The lowest BCUT2D eigenvalue weighted by Crippen LogP contribution is -2.53. The highest BCUT2D eigenvalue weighted by atomic mass is 16.5. The van der Waals surface area contributed by atoms with Crippen molar-refractivity contribution >= 4 is 5.91 Å². The number of nitrogens with one attached hydrogen (secondary N) is 1. The Kier molecular flexibility index (Phi) is 5.23. The van der Waals surface area contributed by atoms with E-state index in [1.165, 1.54) is 0 Å². The number of rotatable bonds is 9. The van der Waals surface area contributed by atoms with E-state index in [1.54, 1.807) is 0 Å². The van der Waals surface area contributed by atoms with Gasteiger partial charge in [0.15, 0.2) is 0 Å². The highest BCUT2D eigenvalue weighted by Crippen LogP contribution is 2.25. The molecule has 0 aromatic heterocycles. The molecule has 2 rings (SSSR count). The number of ether oxygens (including phenoxy) is 1. The molecule has 4 heteroatoms. The molecular weight excluding hydrogens is 264 g/mol. The number of carbonyl (C=O) groups excluding carboxylic acids is 1. The van der Waals surface area contributed by atoms with E-state index in [2.05, 4.69) is 5.32 Å². The maximum Gasteiger partial charge on any atom is 0.237 e. The molecule has 1 aliphatic carbocycles. The summed E-state index contributed by atoms with van der Waals surface area (Å²) in [7, 11) is 0. The van der Waals surface area contributed by atoms with Gasteiger partial charge in [0.05, 0.1) is 12.1 Å². The molecular formula is C17H26N2O2. The van der Waals surface area contributed by atoms with Crippen molar-refractivity contribution < 1.29 is 9.53 Å². The van der Waals surface area contributed by atoms with Crippen molar-refractivity contribution in [1.82, 2.24) is 5.32 Å². The zero-order valence-electron chi connectivity index (χ0n) is 13.0. The summed E-state index contributed by atoms with van der Waals surface area (Å²) in [5.74, 6) is 0.681. The van der Waals surface area contributed by atoms with Gasteiger partial charge in [-0.1, -0.05) is 18.2 Å². The van der Waals surface area contributed by atoms with Gasteiger partial charge in [0.25, 0.3) is 0 Å². The average molecular weight is 290 g/mol. The molecule has 4 nitrogen and oxygen atoms in total. The van der Waals surface area contributed by atoms with E-state index in [0.29, 0.717) is 12.6 Å². The summed E-state index contributed by atoms with van der Waals surface area (Å²) >= 11 is 0. The number of hydrogen-bond acceptors (Lipinski definition) is 3. The Morgan fingerprint density at radius 1 is 1.38 bits per heavy atom. The first-order chi connectivity index (χ1) is 10.0. The van der Waals surface area contributed by atoms with Crippen molar-refractivity contribution in [3.05, 3.63) is 29.8 Å². The Morgan fingerprint density at radius 3 is 2.71 bits per heavy atom. The van der Waals surface area contributed by atoms with Gasteiger partial charge in [-0.15, -0.1) is 0 Å². The lowest BCUT2D eigenvalue weighted by atomic mass is 9.94. The lowest BCUT2D eigenvalue weighted by Gasteiger charge is -2.27. The molecule has 0 radical (unpaired) electrons. The smallest absolute Gasteiger partial charge is 0.237 e. The monoisotopic (exact) mass is 290 g/mol. The summed E-state index contributed by atoms with van der Waals surface area (Å²) < 4.78 is 5.77. The normalized spacial score (nSPS) is 17.2. The van der Waals surface area contributed by atoms with Crippen molar-refractivity contribution in [3.63, 3.8) is 0 Å². The summed E-state index contributed by atoms with van der Waals surface area (Å²) in [6.07, 6.45) is 4.91. The van der Waals surface area contributed by atoms with Crippen molar-refractivity contribution in [2.45, 2.75) is 57.5 Å². The fourth-order valence-corrected chi connectivity index (χ4v) is 2.43. The Bertz CT molecular complexity index is 485. The van der Waals surface area contributed by atoms with E-state index < -0.39 is 5.54 Å². The number of nitrogens with two attached hydrogens (primary N) is 1. The zero-order chi connectivity index (χ0) is 15.3. The minimum Gasteiger partial charge on any atom is -0.493 e. The van der Waals surface area contributed by atoms with E-state index in [1.807, 2.05) is 38.1 Å². The molecule has 1 unspecified atom stereocenters. The number of hydrogen-bond donors (Lipinski definition) is 2. The zero-order valence-corrected chi connectivity index (χ0v) is 13.0. The Balaban J connectivity index is 1.70. The molecule has 3 N–H and O–H groups in total. The second-order valence-electron chi connectivity index (χ2n) is 6.19. The summed E-state index contributed by atoms with van der Waals surface area (Å²) in [6.45, 7) is 4.62. The van der Waals surface area contributed by atoms with Gasteiger partial charge >= 0.3 is 0 Å². The third kappa shape index (κ3) is 4.74. The maximum atomic E-state index is 11.6. The lowest BCUT2D eigenvalue weighted by molar-refractivity contribution is -0.124. The molecule has 0 bridgehead atoms. The third-order valence-electron chi connectivity index (χ3n) is 4.07. The highest BCUT2D eigenvalue weighted by Gasteiger charge is 2.36. The highest BCUT2D eigenvalue weighted by molar-refractivity contribution is 5.84. The summed E-state index contributed by atoms with van der Waals surface area (Å²) in [4.78, 5) is 11.6. The molecule has 1 fully saturated rings. The average Bonchev–Trinajstić information content (AvgIpc) is 3.24. The molecule has 0 spiro atoms. The number of carbonyl (C=O) groups is 1. The van der Waals surface area contributed by atoms with Gasteiger partial charge in [-0.3, -0.25) is 4.79 Å². The summed E-state index contributed by atoms with van der Waals surface area (Å²) in [5, 5.41) is 3.37. The first-order valence-electron chi connectivity index (χ1n) is 7.77. The van der Waals surface area contributed by atoms with Crippen LogP contribution in [0.25, 0.3) is 0 Å². The fourth-order valence-electron chi connectivity index (χ4n) is 2.43. The second kappa shape index (κ2) is 6.94. The molecule has 0 aliphatic heterocycles. The van der Waals surface area contributed by atoms with Crippen LogP contribution in [-0.4, -0.2) is 24.1 Å². The Hall–Kier alpha value is -1.55. The quantitative estimate of drug-likeness (QED) is 0.687. The molecule has 0 heterocycles. The number of para-hydroxylation sites is 1. The van der Waals surface area contributed by atoms with Crippen LogP contribution >= 0.6 is 0 Å². The van der Waals surface area contributed by atoms with Crippen LogP contribution in [0.5, 0.6) is 5.75 Å². The van der Waals surface area contributed by atoms with Crippen LogP contribution in [0.2, 0.25) is 0 Å². The number of unbranched alkanes of at least 4 members (excludes halogenated alkanes) is 1. The van der Waals surface area contributed by atoms with Crippen LogP contribution in [0, 0.1) is 6.92 Å². The van der Waals surface area contributed by atoms with E-state index >= 15 is 0 Å². The van der Waals surface area contributed by atoms with E-state index in [-0.39, 0.29) is 5.91 Å². The van der Waals surface area contributed by atoms with E-state index in [4.69, 9.17) is 10.5 Å². The van der Waals surface area contributed by atoms with Gasteiger partial charge < -0.3 is 15.8 Å². The van der Waals surface area contributed by atoms with Gasteiger partial charge in [-0.25, -0.2) is 0 Å². The topological polar surface area (TPSA) is 64.3 Å². The van der Waals surface area contributed by atoms with Crippen LogP contribution in [0.4, 0.5) is 0 Å². The van der Waals surface area contributed by atoms with Crippen LogP contribution in [0.15, 0.2) is 24.3 Å². The van der Waals surface area contributed by atoms with Crippen LogP contribution in [0.1, 0.15) is 44.6 Å². The van der Waals surface area contributed by atoms with Crippen molar-refractivity contribution in [3.8, 4) is 5.75 Å². The first kappa shape index (κ1) is 15.8. The molecule has 21 heavy (non-hydrogen) atoms. The molecule has 1 aromatic carbocycles. The summed E-state index contributed by atoms with van der Waals surface area (Å²) in [6, 6.07) is 8.48. The third-order valence-corrected chi connectivity index (χ3v) is 4.07. The maximum absolute atomic E-state index is 11.6. The van der Waals surface area contributed by atoms with Gasteiger partial charge in [0.1, 0.15) is 5.75 Å². The molecule has 1 saturated carbocycles. The Morgan fingerprint density at radius 2 is 2.10 bits per heavy atom. The number of aryl methyl sites for hydroxylation is 1. The SMILES string of the molecule is Cc1ccccc1OCCCCC(C)(NC1CC1)C(N)=O. The van der Waals surface area contributed by atoms with Crippen molar-refractivity contribution in [1.29, 1.82) is 0 Å². The van der Waals surface area contributed by atoms with E-state index in [0.717, 1.165) is 43.4 Å². The molecule has 1 amide bonds. The number of primary amides is 1. The summed E-state index contributed by atoms with van der Waals surface area (Å²) in [5.41, 5.74) is 6.11. The molecule has 0 saturated heterocycles. The predicted molar refractivity (Wildman–Crippen MR) is 84.3 cm³/mol. The van der Waals surface area contributed by atoms with Crippen molar-refractivity contribution in [2.24, 2.45) is 5.73 Å². The van der Waals surface area contributed by atoms with Gasteiger partial charge in [-0.2, -0.15) is 0 Å². The van der Waals surface area contributed by atoms with Gasteiger partial charge in [-0.05, 0) is 57.6 Å². The van der Waals surface area contributed by atoms with Crippen LogP contribution < -0.4 is 15.8 Å². The standard InChI is InChI=1S/C17H26N2O2/c1-13-7-3-4-8-15(13)21-12-6-5-11-17(2,16(18)20)19-14-9-10-14/h3-4,7-8,14,19H,5-6,9-12H2,1-2H3,(H2,18,20). The number of benzene rings is 1. The first-order valence-corrected chi connectivity index (χ1v) is 7.77. The largest absolute Gasteiger partial charge is 0.493 e. The van der Waals surface area contributed by atoms with Gasteiger partial charge in [0.2, 0.25) is 5.91 Å². The molecule has 116 valence electrons. The second-order valence-corrected chi connectivity index (χ2v) is 6.19.